The van der Waals surface area contributed by atoms with Crippen LogP contribution in [0.15, 0.2) is 24.3 Å². The predicted molar refractivity (Wildman–Crippen MR) is 97.8 cm³/mol. The van der Waals surface area contributed by atoms with Crippen LogP contribution in [0.1, 0.15) is 67.8 Å². The van der Waals surface area contributed by atoms with Crippen LogP contribution in [0.2, 0.25) is 0 Å². The number of rotatable bonds is 6. The highest BCUT2D eigenvalue weighted by atomic mass is 16.5. The van der Waals surface area contributed by atoms with Crippen molar-refractivity contribution in [1.29, 1.82) is 0 Å². The van der Waals surface area contributed by atoms with Crippen LogP contribution in [-0.2, 0) is 16.0 Å². The highest BCUT2D eigenvalue weighted by Gasteiger charge is 2.60. The maximum Gasteiger partial charge on any atom is 0.312 e. The zero-order valence-corrected chi connectivity index (χ0v) is 15.5. The van der Waals surface area contributed by atoms with Crippen LogP contribution in [0.4, 0.5) is 0 Å². The molecule has 0 aliphatic heterocycles. The monoisotopic (exact) mass is 356 g/mol. The van der Waals surface area contributed by atoms with Crippen molar-refractivity contribution < 1.29 is 19.4 Å². The molecule has 4 aliphatic carbocycles. The minimum Gasteiger partial charge on any atom is -0.457 e. The maximum atomic E-state index is 12.8. The fourth-order valence-corrected chi connectivity index (χ4v) is 5.97. The minimum atomic E-state index is -0.692. The first kappa shape index (κ1) is 17.7. The zero-order valence-electron chi connectivity index (χ0n) is 15.5. The first-order chi connectivity index (χ1) is 12.4. The van der Waals surface area contributed by atoms with Crippen molar-refractivity contribution in [2.24, 2.45) is 17.3 Å². The van der Waals surface area contributed by atoms with Gasteiger partial charge in [-0.3, -0.25) is 9.59 Å². The molecule has 0 saturated heterocycles. The molecule has 5 rings (SSSR count). The summed E-state index contributed by atoms with van der Waals surface area (Å²) >= 11 is 0. The van der Waals surface area contributed by atoms with Gasteiger partial charge >= 0.3 is 5.97 Å². The van der Waals surface area contributed by atoms with E-state index in [9.17, 15) is 14.7 Å². The fraction of sp³-hybridized carbons (Fsp3) is 0.636. The lowest BCUT2D eigenvalue weighted by atomic mass is 9.48. The number of ketones is 1. The van der Waals surface area contributed by atoms with Crippen molar-refractivity contribution in [3.63, 3.8) is 0 Å². The highest BCUT2D eigenvalue weighted by Crippen LogP contribution is 2.61. The summed E-state index contributed by atoms with van der Waals surface area (Å²) in [5.41, 5.74) is 0.538. The second-order valence-corrected chi connectivity index (χ2v) is 8.91. The van der Waals surface area contributed by atoms with Gasteiger partial charge in [0, 0.05) is 5.56 Å². The van der Waals surface area contributed by atoms with Gasteiger partial charge in [0.2, 0.25) is 0 Å². The lowest BCUT2D eigenvalue weighted by Gasteiger charge is -2.58. The number of aliphatic hydroxyl groups is 1. The molecule has 140 valence electrons. The van der Waals surface area contributed by atoms with Crippen LogP contribution in [0.25, 0.3) is 0 Å². The number of benzene rings is 1. The maximum absolute atomic E-state index is 12.8. The van der Waals surface area contributed by atoms with E-state index in [0.29, 0.717) is 23.8 Å². The van der Waals surface area contributed by atoms with Crippen molar-refractivity contribution in [2.75, 3.05) is 6.61 Å². The average Bonchev–Trinajstić information content (AvgIpc) is 2.58. The Morgan fingerprint density at radius 2 is 1.77 bits per heavy atom. The molecular formula is C22H28O4. The van der Waals surface area contributed by atoms with Crippen molar-refractivity contribution >= 4 is 11.8 Å². The lowest BCUT2D eigenvalue weighted by molar-refractivity contribution is -0.195. The highest BCUT2D eigenvalue weighted by molar-refractivity contribution is 5.98. The molecule has 4 heteroatoms. The molecule has 0 radical (unpaired) electrons. The Hall–Kier alpha value is -1.68. The van der Waals surface area contributed by atoms with Crippen LogP contribution in [0, 0.1) is 17.3 Å². The summed E-state index contributed by atoms with van der Waals surface area (Å²) in [5.74, 6) is 0.414. The van der Waals surface area contributed by atoms with Crippen LogP contribution < -0.4 is 0 Å². The number of hydrogen-bond donors (Lipinski definition) is 1. The zero-order chi connectivity index (χ0) is 18.4. The predicted octanol–water partition coefficient (Wildman–Crippen LogP) is 3.70. The third kappa shape index (κ3) is 3.20. The summed E-state index contributed by atoms with van der Waals surface area (Å²) in [6.45, 7) is 1.92. The van der Waals surface area contributed by atoms with E-state index < -0.39 is 11.0 Å². The SMILES string of the molecule is CCCc1ccc(C(=O)COC(=O)C23C[C@H]4C[C@@H](CC(O)(C4)C2)C3)cc1. The molecule has 1 N–H and O–H groups in total. The Morgan fingerprint density at radius 3 is 2.35 bits per heavy atom. The van der Waals surface area contributed by atoms with Gasteiger partial charge in [-0.25, -0.2) is 0 Å². The topological polar surface area (TPSA) is 63.6 Å². The van der Waals surface area contributed by atoms with E-state index in [1.54, 1.807) is 0 Å². The molecule has 0 amide bonds. The van der Waals surface area contributed by atoms with Gasteiger partial charge in [-0.1, -0.05) is 37.6 Å². The summed E-state index contributed by atoms with van der Waals surface area (Å²) in [6, 6.07) is 7.56. The number of hydrogen-bond acceptors (Lipinski definition) is 4. The third-order valence-corrected chi connectivity index (χ3v) is 6.61. The van der Waals surface area contributed by atoms with Gasteiger partial charge in [0.25, 0.3) is 0 Å². The van der Waals surface area contributed by atoms with E-state index in [0.717, 1.165) is 44.9 Å². The van der Waals surface area contributed by atoms with Crippen LogP contribution >= 0.6 is 0 Å². The smallest absolute Gasteiger partial charge is 0.312 e. The van der Waals surface area contributed by atoms with E-state index in [-0.39, 0.29) is 18.4 Å². The second kappa shape index (κ2) is 6.49. The number of carbonyl (C=O) groups excluding carboxylic acids is 2. The van der Waals surface area contributed by atoms with Crippen molar-refractivity contribution in [1.82, 2.24) is 0 Å². The molecule has 2 atom stereocenters. The molecule has 4 bridgehead atoms. The molecule has 0 unspecified atom stereocenters. The van der Waals surface area contributed by atoms with Crippen molar-refractivity contribution in [2.45, 2.75) is 63.9 Å². The number of ether oxygens (including phenoxy) is 1. The Morgan fingerprint density at radius 1 is 1.12 bits per heavy atom. The second-order valence-electron chi connectivity index (χ2n) is 8.91. The van der Waals surface area contributed by atoms with Gasteiger partial charge < -0.3 is 9.84 Å². The normalized spacial score (nSPS) is 34.7. The average molecular weight is 356 g/mol. The van der Waals surface area contributed by atoms with Gasteiger partial charge in [0.05, 0.1) is 11.0 Å². The summed E-state index contributed by atoms with van der Waals surface area (Å²) in [5, 5.41) is 10.8. The molecule has 4 aliphatic rings. The molecule has 4 nitrogen and oxygen atoms in total. The van der Waals surface area contributed by atoms with Gasteiger partial charge in [-0.2, -0.15) is 0 Å². The van der Waals surface area contributed by atoms with Gasteiger partial charge in [-0.05, 0) is 62.3 Å². The summed E-state index contributed by atoms with van der Waals surface area (Å²) < 4.78 is 5.47. The summed E-state index contributed by atoms with van der Waals surface area (Å²) in [6.07, 6.45) is 6.96. The van der Waals surface area contributed by atoms with Crippen molar-refractivity contribution in [3.05, 3.63) is 35.4 Å². The van der Waals surface area contributed by atoms with E-state index in [1.165, 1.54) is 5.56 Å². The Labute approximate surface area is 154 Å². The molecule has 0 aromatic heterocycles. The van der Waals surface area contributed by atoms with Crippen molar-refractivity contribution in [3.8, 4) is 0 Å². The minimum absolute atomic E-state index is 0.162. The third-order valence-electron chi connectivity index (χ3n) is 6.61. The number of aryl methyl sites for hydroxylation is 1. The molecule has 1 aromatic rings. The molecule has 0 heterocycles. The molecule has 26 heavy (non-hydrogen) atoms. The lowest BCUT2D eigenvalue weighted by Crippen LogP contribution is -2.58. The fourth-order valence-electron chi connectivity index (χ4n) is 5.97. The van der Waals surface area contributed by atoms with E-state index in [1.807, 2.05) is 24.3 Å². The molecule has 4 fully saturated rings. The summed E-state index contributed by atoms with van der Waals surface area (Å²) in [7, 11) is 0. The van der Waals surface area contributed by atoms with Gasteiger partial charge in [-0.15, -0.1) is 0 Å². The van der Waals surface area contributed by atoms with Gasteiger partial charge in [0.1, 0.15) is 0 Å². The Kier molecular flexibility index (Phi) is 4.42. The Bertz CT molecular complexity index is 691. The molecule has 0 spiro atoms. The number of carbonyl (C=O) groups is 2. The number of esters is 1. The summed E-state index contributed by atoms with van der Waals surface area (Å²) in [4.78, 5) is 25.2. The standard InChI is InChI=1S/C22H28O4/c1-2-3-15-4-6-18(7-5-15)19(23)13-26-20(24)21-9-16-8-17(10-21)12-22(25,11-16)14-21/h4-7,16-17,25H,2-3,8-14H2,1H3/t16-,17-,21?,22?/m1/s1. The van der Waals surface area contributed by atoms with Gasteiger partial charge in [0.15, 0.2) is 12.4 Å². The largest absolute Gasteiger partial charge is 0.457 e. The van der Waals surface area contributed by atoms with E-state index >= 15 is 0 Å². The Balaban J connectivity index is 1.38. The van der Waals surface area contributed by atoms with Crippen LogP contribution in [0.3, 0.4) is 0 Å². The van der Waals surface area contributed by atoms with Crippen LogP contribution in [-0.4, -0.2) is 29.1 Å². The first-order valence-corrected chi connectivity index (χ1v) is 9.93. The number of Topliss-reactive ketones (excluding diaryl/α,β-unsaturated/α-hetero) is 1. The molecule has 4 saturated carbocycles. The molecular weight excluding hydrogens is 328 g/mol. The molecule has 1 aromatic carbocycles. The first-order valence-electron chi connectivity index (χ1n) is 9.93. The van der Waals surface area contributed by atoms with Crippen LogP contribution in [0.5, 0.6) is 0 Å². The quantitative estimate of drug-likeness (QED) is 0.624. The van der Waals surface area contributed by atoms with E-state index in [4.69, 9.17) is 4.74 Å². The van der Waals surface area contributed by atoms with E-state index in [2.05, 4.69) is 6.92 Å².